The Balaban J connectivity index is 1.28. The van der Waals surface area contributed by atoms with Gasteiger partial charge in [-0.1, -0.05) is 17.4 Å². The third-order valence-electron chi connectivity index (χ3n) is 7.35. The zero-order chi connectivity index (χ0) is 23.4. The quantitative estimate of drug-likeness (QED) is 0.576. The molecule has 2 aliphatic heterocycles. The molecule has 2 amide bonds. The third-order valence-corrected chi connectivity index (χ3v) is 8.29. The molecule has 176 valence electrons. The van der Waals surface area contributed by atoms with E-state index in [1.165, 1.54) is 11.3 Å². The summed E-state index contributed by atoms with van der Waals surface area (Å²) in [6.07, 6.45) is 5.54. The van der Waals surface area contributed by atoms with Gasteiger partial charge in [0, 0.05) is 30.1 Å². The van der Waals surface area contributed by atoms with Crippen LogP contribution in [-0.2, 0) is 11.2 Å². The zero-order valence-corrected chi connectivity index (χ0v) is 19.8. The lowest BCUT2D eigenvalue weighted by atomic mass is 9.88. The Morgan fingerprint density at radius 2 is 1.91 bits per heavy atom. The Kier molecular flexibility index (Phi) is 5.26. The van der Waals surface area contributed by atoms with Crippen LogP contribution in [0.3, 0.4) is 0 Å². The van der Waals surface area contributed by atoms with Crippen LogP contribution in [0.4, 0.5) is 15.6 Å². The molecule has 1 aliphatic carbocycles. The maximum atomic E-state index is 12.3. The van der Waals surface area contributed by atoms with E-state index < -0.39 is 6.09 Å². The summed E-state index contributed by atoms with van der Waals surface area (Å²) in [6.45, 7) is 2.00. The van der Waals surface area contributed by atoms with Crippen molar-refractivity contribution >= 4 is 44.4 Å². The van der Waals surface area contributed by atoms with Crippen LogP contribution in [0.5, 0.6) is 0 Å². The Labute approximate surface area is 201 Å². The number of carbonyl (C=O) groups is 2. The van der Waals surface area contributed by atoms with E-state index in [4.69, 9.17) is 4.98 Å². The van der Waals surface area contributed by atoms with Gasteiger partial charge in [0.05, 0.1) is 21.6 Å². The van der Waals surface area contributed by atoms with E-state index >= 15 is 0 Å². The van der Waals surface area contributed by atoms with Gasteiger partial charge in [-0.15, -0.1) is 0 Å². The first kappa shape index (κ1) is 21.5. The molecule has 3 aliphatic rings. The Morgan fingerprint density at radius 1 is 1.12 bits per heavy atom. The van der Waals surface area contributed by atoms with Gasteiger partial charge < -0.3 is 15.3 Å². The molecule has 1 aromatic carbocycles. The molecule has 2 N–H and O–H groups in total. The first-order valence-electron chi connectivity index (χ1n) is 11.9. The minimum Gasteiger partial charge on any atom is -0.465 e. The van der Waals surface area contributed by atoms with Crippen LogP contribution >= 0.6 is 11.3 Å². The van der Waals surface area contributed by atoms with Crippen LogP contribution in [0.2, 0.25) is 0 Å². The number of carbonyl (C=O) groups excluding carboxylic acids is 1. The van der Waals surface area contributed by atoms with Crippen molar-refractivity contribution in [3.05, 3.63) is 36.2 Å². The average Bonchev–Trinajstić information content (AvgIpc) is 3.49. The standard InChI is InChI=1S/C25H27N5O3S/c1-29-8-6-14(7-9-29)20-12-19-21(30(20)25(32)33)10-17(13-26-19)16-4-5-18-22(11-16)34-24(27-18)28-23(31)15-2-3-15/h4-5,10-11,13-15,20H,2-3,6-9,12H2,1H3,(H,32,33)(H,27,28,31). The number of likely N-dealkylation sites (tertiary alicyclic amines) is 1. The Hall–Kier alpha value is -3.04. The molecule has 0 bridgehead atoms. The highest BCUT2D eigenvalue weighted by molar-refractivity contribution is 7.22. The lowest BCUT2D eigenvalue weighted by Crippen LogP contribution is -2.45. The van der Waals surface area contributed by atoms with Crippen molar-refractivity contribution in [2.24, 2.45) is 11.8 Å². The first-order chi connectivity index (χ1) is 16.5. The number of hydrogen-bond donors (Lipinski definition) is 2. The first-order valence-corrected chi connectivity index (χ1v) is 12.7. The highest BCUT2D eigenvalue weighted by Crippen LogP contribution is 2.40. The van der Waals surface area contributed by atoms with E-state index in [0.717, 1.165) is 65.8 Å². The van der Waals surface area contributed by atoms with Gasteiger partial charge >= 0.3 is 6.09 Å². The lowest BCUT2D eigenvalue weighted by Gasteiger charge is -2.35. The van der Waals surface area contributed by atoms with Crippen LogP contribution in [0, 0.1) is 11.8 Å². The van der Waals surface area contributed by atoms with Crippen LogP contribution in [0.15, 0.2) is 30.5 Å². The number of anilines is 2. The molecule has 1 atom stereocenters. The van der Waals surface area contributed by atoms with Crippen LogP contribution in [-0.4, -0.2) is 58.2 Å². The topological polar surface area (TPSA) is 98.7 Å². The predicted molar refractivity (Wildman–Crippen MR) is 132 cm³/mol. The summed E-state index contributed by atoms with van der Waals surface area (Å²) < 4.78 is 0.975. The van der Waals surface area contributed by atoms with E-state index in [1.807, 2.05) is 30.5 Å². The molecule has 4 heterocycles. The van der Waals surface area contributed by atoms with Gasteiger partial charge in [0.2, 0.25) is 5.91 Å². The van der Waals surface area contributed by atoms with Gasteiger partial charge in [0.1, 0.15) is 0 Å². The minimum absolute atomic E-state index is 0.0504. The number of nitrogens with zero attached hydrogens (tertiary/aromatic N) is 4. The van der Waals surface area contributed by atoms with Gasteiger partial charge in [0.15, 0.2) is 5.13 Å². The van der Waals surface area contributed by atoms with Crippen molar-refractivity contribution < 1.29 is 14.7 Å². The molecule has 3 aromatic rings. The second kappa shape index (κ2) is 8.32. The van der Waals surface area contributed by atoms with E-state index in [-0.39, 0.29) is 17.9 Å². The fourth-order valence-electron chi connectivity index (χ4n) is 5.22. The molecular weight excluding hydrogens is 450 g/mol. The molecule has 1 unspecified atom stereocenters. The van der Waals surface area contributed by atoms with Gasteiger partial charge in [-0.05, 0) is 75.5 Å². The van der Waals surface area contributed by atoms with Gasteiger partial charge in [0.25, 0.3) is 0 Å². The van der Waals surface area contributed by atoms with E-state index in [0.29, 0.717) is 23.2 Å². The number of rotatable bonds is 4. The second-order valence-corrected chi connectivity index (χ2v) is 10.8. The number of aromatic nitrogens is 2. The fourth-order valence-corrected chi connectivity index (χ4v) is 6.13. The Bertz CT molecular complexity index is 1280. The maximum absolute atomic E-state index is 12.3. The molecule has 2 fully saturated rings. The second-order valence-electron chi connectivity index (χ2n) is 9.72. The molecule has 1 saturated heterocycles. The lowest BCUT2D eigenvalue weighted by molar-refractivity contribution is -0.117. The summed E-state index contributed by atoms with van der Waals surface area (Å²) in [7, 11) is 2.12. The highest BCUT2D eigenvalue weighted by atomic mass is 32.1. The summed E-state index contributed by atoms with van der Waals surface area (Å²) >= 11 is 1.46. The summed E-state index contributed by atoms with van der Waals surface area (Å²) in [5.74, 6) is 0.536. The van der Waals surface area contributed by atoms with Gasteiger partial charge in [-0.3, -0.25) is 14.7 Å². The molecule has 0 radical (unpaired) electrons. The van der Waals surface area contributed by atoms with Gasteiger partial charge in [-0.2, -0.15) is 0 Å². The van der Waals surface area contributed by atoms with Crippen LogP contribution in [0.25, 0.3) is 21.3 Å². The van der Waals surface area contributed by atoms with Crippen molar-refractivity contribution in [2.75, 3.05) is 30.4 Å². The molecule has 0 spiro atoms. The van der Waals surface area contributed by atoms with Crippen molar-refractivity contribution in [3.63, 3.8) is 0 Å². The number of amides is 2. The molecule has 6 rings (SSSR count). The predicted octanol–water partition coefficient (Wildman–Crippen LogP) is 4.46. The normalized spacial score (nSPS) is 21.1. The number of pyridine rings is 1. The van der Waals surface area contributed by atoms with E-state index in [2.05, 4.69) is 22.2 Å². The molecule has 8 nitrogen and oxygen atoms in total. The molecule has 9 heteroatoms. The summed E-state index contributed by atoms with van der Waals surface area (Å²) in [5.41, 5.74) is 4.24. The third kappa shape index (κ3) is 3.92. The van der Waals surface area contributed by atoms with Crippen molar-refractivity contribution in [2.45, 2.75) is 38.1 Å². The van der Waals surface area contributed by atoms with E-state index in [9.17, 15) is 14.7 Å². The van der Waals surface area contributed by atoms with Crippen molar-refractivity contribution in [1.29, 1.82) is 0 Å². The smallest absolute Gasteiger partial charge is 0.412 e. The summed E-state index contributed by atoms with van der Waals surface area (Å²) in [5, 5.41) is 13.6. The number of piperidine rings is 1. The summed E-state index contributed by atoms with van der Waals surface area (Å²) in [6, 6.07) is 7.87. The SMILES string of the molecule is CN1CCC(C2Cc3ncc(-c4ccc5nc(NC(=O)C6CC6)sc5c4)cc3N2C(=O)O)CC1. The highest BCUT2D eigenvalue weighted by Gasteiger charge is 2.40. The van der Waals surface area contributed by atoms with Gasteiger partial charge in [-0.25, -0.2) is 9.78 Å². The molecule has 1 saturated carbocycles. The van der Waals surface area contributed by atoms with E-state index in [1.54, 1.807) is 4.90 Å². The Morgan fingerprint density at radius 3 is 2.65 bits per heavy atom. The van der Waals surface area contributed by atoms with Crippen molar-refractivity contribution in [3.8, 4) is 11.1 Å². The number of benzene rings is 1. The zero-order valence-electron chi connectivity index (χ0n) is 19.0. The number of fused-ring (bicyclic) bond motifs is 2. The number of hydrogen-bond acceptors (Lipinski definition) is 6. The maximum Gasteiger partial charge on any atom is 0.412 e. The fraction of sp³-hybridized carbons (Fsp3) is 0.440. The number of nitrogens with one attached hydrogen (secondary N) is 1. The average molecular weight is 478 g/mol. The number of thiazole rings is 1. The molecule has 2 aromatic heterocycles. The number of carboxylic acid groups (broad SMARTS) is 1. The summed E-state index contributed by atoms with van der Waals surface area (Å²) in [4.78, 5) is 37.5. The minimum atomic E-state index is -0.907. The molecule has 34 heavy (non-hydrogen) atoms. The molecular formula is C25H27N5O3S. The monoisotopic (exact) mass is 477 g/mol. The van der Waals surface area contributed by atoms with Crippen LogP contribution < -0.4 is 10.2 Å². The van der Waals surface area contributed by atoms with Crippen molar-refractivity contribution in [1.82, 2.24) is 14.9 Å². The van der Waals surface area contributed by atoms with Crippen LogP contribution in [0.1, 0.15) is 31.4 Å². The largest absolute Gasteiger partial charge is 0.465 e.